The van der Waals surface area contributed by atoms with E-state index < -0.39 is 0 Å². The third kappa shape index (κ3) is 2.88. The van der Waals surface area contributed by atoms with Crippen LogP contribution in [0.25, 0.3) is 11.3 Å². The number of hydrogen-bond acceptors (Lipinski definition) is 3. The van der Waals surface area contributed by atoms with Crippen LogP contribution in [-0.2, 0) is 6.54 Å². The monoisotopic (exact) mass is 271 g/mol. The molecule has 0 unspecified atom stereocenters. The Kier molecular flexibility index (Phi) is 3.38. The van der Waals surface area contributed by atoms with Crippen LogP contribution in [0.1, 0.15) is 5.69 Å². The molecular weight excluding hydrogens is 258 g/mol. The van der Waals surface area contributed by atoms with Gasteiger partial charge >= 0.3 is 0 Å². The second-order valence-corrected chi connectivity index (χ2v) is 4.89. The minimum atomic E-state index is 0.733. The van der Waals surface area contributed by atoms with Crippen LogP contribution in [0, 0.1) is 0 Å². The van der Waals surface area contributed by atoms with Crippen molar-refractivity contribution in [2.45, 2.75) is 6.54 Å². The fraction of sp³-hybridized carbons (Fsp3) is 0.133. The van der Waals surface area contributed by atoms with Gasteiger partial charge in [0.05, 0.1) is 24.6 Å². The summed E-state index contributed by atoms with van der Waals surface area (Å²) in [5.74, 6) is 0. The smallest absolute Gasteiger partial charge is 0.0871 e. The topological polar surface area (TPSA) is 28.2 Å². The van der Waals surface area contributed by atoms with Crippen LogP contribution in [0.4, 0.5) is 0 Å². The molecule has 0 spiro atoms. The van der Waals surface area contributed by atoms with E-state index in [1.807, 2.05) is 54.9 Å². The SMILES string of the molecule is Clc1cccc(-c2cccc(CN3C=CNC3)n2)c1. The average Bonchev–Trinajstić information content (AvgIpc) is 2.92. The number of rotatable bonds is 3. The van der Waals surface area contributed by atoms with E-state index in [9.17, 15) is 0 Å². The highest BCUT2D eigenvalue weighted by atomic mass is 35.5. The van der Waals surface area contributed by atoms with Crippen molar-refractivity contribution in [3.8, 4) is 11.3 Å². The summed E-state index contributed by atoms with van der Waals surface area (Å²) >= 11 is 6.02. The van der Waals surface area contributed by atoms with Crippen molar-refractivity contribution in [2.75, 3.05) is 6.67 Å². The summed E-state index contributed by atoms with van der Waals surface area (Å²) in [5, 5.41) is 3.88. The molecule has 1 aliphatic heterocycles. The Labute approximate surface area is 117 Å². The molecule has 1 aromatic carbocycles. The highest BCUT2D eigenvalue weighted by Gasteiger charge is 2.07. The van der Waals surface area contributed by atoms with Gasteiger partial charge in [0.25, 0.3) is 0 Å². The van der Waals surface area contributed by atoms with E-state index >= 15 is 0 Å². The molecule has 19 heavy (non-hydrogen) atoms. The Morgan fingerprint density at radius 2 is 2.11 bits per heavy atom. The van der Waals surface area contributed by atoms with Gasteiger partial charge in [-0.3, -0.25) is 4.98 Å². The molecular formula is C15H14ClN3. The number of aromatic nitrogens is 1. The molecule has 2 heterocycles. The standard InChI is InChI=1S/C15H14ClN3/c16-13-4-1-3-12(9-13)15-6-2-5-14(18-15)10-19-8-7-17-11-19/h1-9,17H,10-11H2. The van der Waals surface area contributed by atoms with Gasteiger partial charge in [0.2, 0.25) is 0 Å². The number of nitrogens with zero attached hydrogens (tertiary/aromatic N) is 2. The Hall–Kier alpha value is -2.00. The molecule has 1 aliphatic rings. The second kappa shape index (κ2) is 5.33. The Bertz CT molecular complexity index is 610. The molecule has 1 N–H and O–H groups in total. The third-order valence-electron chi connectivity index (χ3n) is 2.99. The van der Waals surface area contributed by atoms with Crippen molar-refractivity contribution in [1.29, 1.82) is 0 Å². The van der Waals surface area contributed by atoms with E-state index in [0.717, 1.165) is 35.2 Å². The molecule has 0 fully saturated rings. The average molecular weight is 272 g/mol. The van der Waals surface area contributed by atoms with Crippen LogP contribution in [-0.4, -0.2) is 16.6 Å². The lowest BCUT2D eigenvalue weighted by atomic mass is 10.1. The van der Waals surface area contributed by atoms with Gasteiger partial charge < -0.3 is 10.2 Å². The number of halogens is 1. The molecule has 2 aromatic rings. The van der Waals surface area contributed by atoms with E-state index in [1.165, 1.54) is 0 Å². The lowest BCUT2D eigenvalue weighted by molar-refractivity contribution is 0.380. The van der Waals surface area contributed by atoms with Crippen LogP contribution >= 0.6 is 11.6 Å². The quantitative estimate of drug-likeness (QED) is 0.929. The zero-order valence-corrected chi connectivity index (χ0v) is 11.1. The van der Waals surface area contributed by atoms with E-state index in [1.54, 1.807) is 0 Å². The van der Waals surface area contributed by atoms with Crippen molar-refractivity contribution in [1.82, 2.24) is 15.2 Å². The minimum Gasteiger partial charge on any atom is -0.373 e. The Balaban J connectivity index is 1.85. The fourth-order valence-corrected chi connectivity index (χ4v) is 2.26. The summed E-state index contributed by atoms with van der Waals surface area (Å²) in [7, 11) is 0. The van der Waals surface area contributed by atoms with E-state index in [4.69, 9.17) is 11.6 Å². The van der Waals surface area contributed by atoms with Gasteiger partial charge in [-0.05, 0) is 24.3 Å². The first-order valence-electron chi connectivity index (χ1n) is 6.17. The molecule has 96 valence electrons. The molecule has 4 heteroatoms. The fourth-order valence-electron chi connectivity index (χ4n) is 2.07. The zero-order chi connectivity index (χ0) is 13.1. The third-order valence-corrected chi connectivity index (χ3v) is 3.22. The van der Waals surface area contributed by atoms with E-state index in [0.29, 0.717) is 0 Å². The lowest BCUT2D eigenvalue weighted by Gasteiger charge is -2.14. The summed E-state index contributed by atoms with van der Waals surface area (Å²) in [4.78, 5) is 6.86. The van der Waals surface area contributed by atoms with Gasteiger partial charge in [-0.15, -0.1) is 0 Å². The van der Waals surface area contributed by atoms with Gasteiger partial charge in [-0.25, -0.2) is 0 Å². The van der Waals surface area contributed by atoms with Crippen LogP contribution in [0.15, 0.2) is 54.9 Å². The summed E-state index contributed by atoms with van der Waals surface area (Å²) in [6.07, 6.45) is 3.98. The summed E-state index contributed by atoms with van der Waals surface area (Å²) in [5.41, 5.74) is 3.05. The first-order valence-corrected chi connectivity index (χ1v) is 6.55. The van der Waals surface area contributed by atoms with Crippen molar-refractivity contribution < 1.29 is 0 Å². The highest BCUT2D eigenvalue weighted by molar-refractivity contribution is 6.30. The predicted octanol–water partition coefficient (Wildman–Crippen LogP) is 3.24. The molecule has 0 bridgehead atoms. The first kappa shape index (κ1) is 12.1. The molecule has 3 rings (SSSR count). The van der Waals surface area contributed by atoms with Crippen LogP contribution < -0.4 is 5.32 Å². The predicted molar refractivity (Wildman–Crippen MR) is 77.4 cm³/mol. The van der Waals surface area contributed by atoms with E-state index in [2.05, 4.69) is 15.2 Å². The first-order chi connectivity index (χ1) is 9.31. The Morgan fingerprint density at radius 3 is 2.89 bits per heavy atom. The largest absolute Gasteiger partial charge is 0.373 e. The number of benzene rings is 1. The number of pyridine rings is 1. The molecule has 3 nitrogen and oxygen atoms in total. The number of nitrogens with one attached hydrogen (secondary N) is 1. The van der Waals surface area contributed by atoms with Gasteiger partial charge in [-0.1, -0.05) is 29.8 Å². The van der Waals surface area contributed by atoms with Crippen molar-refractivity contribution in [3.63, 3.8) is 0 Å². The minimum absolute atomic E-state index is 0.733. The summed E-state index contributed by atoms with van der Waals surface area (Å²) < 4.78 is 0. The summed E-state index contributed by atoms with van der Waals surface area (Å²) in [6, 6.07) is 13.9. The van der Waals surface area contributed by atoms with Gasteiger partial charge in [-0.2, -0.15) is 0 Å². The molecule has 0 saturated carbocycles. The van der Waals surface area contributed by atoms with Gasteiger partial charge in [0.1, 0.15) is 0 Å². The van der Waals surface area contributed by atoms with Gasteiger partial charge in [0, 0.05) is 23.0 Å². The Morgan fingerprint density at radius 1 is 1.21 bits per heavy atom. The molecule has 0 atom stereocenters. The maximum Gasteiger partial charge on any atom is 0.0871 e. The van der Waals surface area contributed by atoms with Crippen molar-refractivity contribution in [3.05, 3.63) is 65.6 Å². The molecule has 0 amide bonds. The molecule has 1 aromatic heterocycles. The van der Waals surface area contributed by atoms with Crippen LogP contribution in [0.5, 0.6) is 0 Å². The van der Waals surface area contributed by atoms with Crippen LogP contribution in [0.2, 0.25) is 5.02 Å². The lowest BCUT2D eigenvalue weighted by Crippen LogP contribution is -2.20. The number of hydrogen-bond donors (Lipinski definition) is 1. The maximum atomic E-state index is 6.02. The van der Waals surface area contributed by atoms with E-state index in [-0.39, 0.29) is 0 Å². The second-order valence-electron chi connectivity index (χ2n) is 4.45. The maximum absolute atomic E-state index is 6.02. The summed E-state index contributed by atoms with van der Waals surface area (Å²) in [6.45, 7) is 1.64. The van der Waals surface area contributed by atoms with Crippen LogP contribution in [0.3, 0.4) is 0 Å². The molecule has 0 radical (unpaired) electrons. The highest BCUT2D eigenvalue weighted by Crippen LogP contribution is 2.21. The van der Waals surface area contributed by atoms with Crippen molar-refractivity contribution >= 4 is 11.6 Å². The normalized spacial score (nSPS) is 13.6. The van der Waals surface area contributed by atoms with Crippen molar-refractivity contribution in [2.24, 2.45) is 0 Å². The molecule has 0 saturated heterocycles. The molecule has 0 aliphatic carbocycles. The zero-order valence-electron chi connectivity index (χ0n) is 10.4. The van der Waals surface area contributed by atoms with Gasteiger partial charge in [0.15, 0.2) is 0 Å².